The highest BCUT2D eigenvalue weighted by molar-refractivity contribution is 7.27. The summed E-state index contributed by atoms with van der Waals surface area (Å²) in [7, 11) is 1.76. The van der Waals surface area contributed by atoms with Crippen molar-refractivity contribution < 1.29 is 14.2 Å². The normalized spacial score (nSPS) is 12.8. The molecule has 0 aliphatic heterocycles. The Bertz CT molecular complexity index is 1670. The molecule has 2 heterocycles. The van der Waals surface area contributed by atoms with Crippen LogP contribution >= 0.6 is 11.3 Å². The summed E-state index contributed by atoms with van der Waals surface area (Å²) in [4.78, 5) is 4.85. The first kappa shape index (κ1) is 22.3. The predicted molar refractivity (Wildman–Crippen MR) is 147 cm³/mol. The van der Waals surface area contributed by atoms with Gasteiger partial charge in [0.25, 0.3) is 0 Å². The second kappa shape index (κ2) is 7.92. The molecule has 2 aromatic heterocycles. The smallest absolute Gasteiger partial charge is 0.332 e. The van der Waals surface area contributed by atoms with Gasteiger partial charge in [-0.05, 0) is 67.5 Å². The summed E-state index contributed by atoms with van der Waals surface area (Å²) in [5, 5.41) is 15.1. The Balaban J connectivity index is 1.47. The van der Waals surface area contributed by atoms with Crippen LogP contribution in [0.3, 0.4) is 0 Å². The van der Waals surface area contributed by atoms with Gasteiger partial charge in [-0.15, -0.1) is 11.3 Å². The van der Waals surface area contributed by atoms with E-state index in [0.29, 0.717) is 5.89 Å². The maximum absolute atomic E-state index is 10.5. The van der Waals surface area contributed by atoms with Crippen molar-refractivity contribution in [1.29, 1.82) is 0 Å². The van der Waals surface area contributed by atoms with E-state index in [4.69, 9.17) is 14.1 Å². The van der Waals surface area contributed by atoms with Gasteiger partial charge in [-0.3, -0.25) is 0 Å². The van der Waals surface area contributed by atoms with Gasteiger partial charge in [-0.25, -0.2) is 4.98 Å². The molecule has 35 heavy (non-hydrogen) atoms. The highest BCUT2D eigenvalue weighted by Crippen LogP contribution is 2.40. The van der Waals surface area contributed by atoms with Crippen LogP contribution in [-0.4, -0.2) is 28.8 Å². The molecule has 6 aromatic rings. The molecule has 4 nitrogen and oxygen atoms in total. The average Bonchev–Trinajstić information content (AvgIpc) is 3.41. The fourth-order valence-electron chi connectivity index (χ4n) is 4.19. The van der Waals surface area contributed by atoms with Gasteiger partial charge < -0.3 is 14.2 Å². The van der Waals surface area contributed by atoms with Crippen LogP contribution < -0.4 is 5.46 Å². The van der Waals surface area contributed by atoms with Crippen LogP contribution in [0.25, 0.3) is 53.5 Å². The Kier molecular flexibility index (Phi) is 5.04. The summed E-state index contributed by atoms with van der Waals surface area (Å²) in [6.45, 7) is 7.31. The molecule has 0 amide bonds. The molecule has 1 N–H and O–H groups in total. The first-order valence-corrected chi connectivity index (χ1v) is 12.5. The van der Waals surface area contributed by atoms with E-state index < -0.39 is 11.2 Å². The van der Waals surface area contributed by atoms with Crippen LogP contribution in [0, 0.1) is 0 Å². The topological polar surface area (TPSA) is 55.5 Å². The van der Waals surface area contributed by atoms with E-state index in [0.717, 1.165) is 53.1 Å². The summed E-state index contributed by atoms with van der Waals surface area (Å²) in [5.41, 5.74) is 1.88. The van der Waals surface area contributed by atoms with E-state index >= 15 is 0 Å². The number of thiophene rings is 1. The largest absolute Gasteiger partial charge is 0.436 e. The predicted octanol–water partition coefficient (Wildman–Crippen LogP) is 6.83. The third-order valence-corrected chi connectivity index (χ3v) is 8.30. The second-order valence-electron chi connectivity index (χ2n) is 10.00. The lowest BCUT2D eigenvalue weighted by molar-refractivity contribution is -0.0893. The van der Waals surface area contributed by atoms with Crippen molar-refractivity contribution in [3.8, 4) is 11.5 Å². The molecule has 0 unspecified atom stereocenters. The van der Waals surface area contributed by atoms with Crippen LogP contribution in [0.2, 0.25) is 0 Å². The van der Waals surface area contributed by atoms with Crippen molar-refractivity contribution in [2.75, 3.05) is 0 Å². The molecule has 0 saturated carbocycles. The molecule has 6 rings (SSSR count). The molecule has 0 bridgehead atoms. The van der Waals surface area contributed by atoms with Crippen LogP contribution in [0.15, 0.2) is 77.2 Å². The van der Waals surface area contributed by atoms with Crippen LogP contribution in [0.1, 0.15) is 27.7 Å². The Labute approximate surface area is 208 Å². The molecule has 173 valence electrons. The zero-order valence-corrected chi connectivity index (χ0v) is 20.9. The Hall–Kier alpha value is -3.19. The Morgan fingerprint density at radius 1 is 0.857 bits per heavy atom. The molecule has 0 atom stereocenters. The third-order valence-electron chi connectivity index (χ3n) is 7.00. The number of hydrogen-bond acceptors (Lipinski definition) is 5. The van der Waals surface area contributed by atoms with E-state index in [1.54, 1.807) is 32.7 Å². The van der Waals surface area contributed by atoms with Crippen molar-refractivity contribution in [1.82, 2.24) is 4.98 Å². The van der Waals surface area contributed by atoms with Gasteiger partial charge in [0.2, 0.25) is 5.89 Å². The van der Waals surface area contributed by atoms with Gasteiger partial charge in [-0.1, -0.05) is 54.6 Å². The second-order valence-corrected chi connectivity index (χ2v) is 11.0. The summed E-state index contributed by atoms with van der Waals surface area (Å²) < 4.78 is 14.6. The van der Waals surface area contributed by atoms with Gasteiger partial charge in [-0.2, -0.15) is 0 Å². The molecule has 4 aromatic carbocycles. The molecule has 0 saturated heterocycles. The summed E-state index contributed by atoms with van der Waals surface area (Å²) in [5.74, 6) is 0.623. The van der Waals surface area contributed by atoms with E-state index in [9.17, 15) is 5.11 Å². The lowest BCUT2D eigenvalue weighted by atomic mass is 9.82. The first-order chi connectivity index (χ1) is 16.7. The molecule has 0 aliphatic carbocycles. The zero-order valence-electron chi connectivity index (χ0n) is 20.1. The molecule has 1 radical (unpaired) electrons. The Morgan fingerprint density at radius 2 is 1.54 bits per heavy atom. The third kappa shape index (κ3) is 3.73. The van der Waals surface area contributed by atoms with Crippen LogP contribution in [0.5, 0.6) is 0 Å². The highest BCUT2D eigenvalue weighted by atomic mass is 32.1. The average molecular weight is 478 g/mol. The van der Waals surface area contributed by atoms with Crippen LogP contribution in [0.4, 0.5) is 0 Å². The number of benzene rings is 4. The maximum Gasteiger partial charge on any atom is 0.332 e. The number of hydrogen-bond donors (Lipinski definition) is 1. The number of aliphatic hydroxyl groups is 1. The fourth-order valence-corrected chi connectivity index (χ4v) is 5.47. The number of aromatic nitrogens is 1. The minimum absolute atomic E-state index is 0.623. The molecule has 0 spiro atoms. The summed E-state index contributed by atoms with van der Waals surface area (Å²) in [6.07, 6.45) is 0. The van der Waals surface area contributed by atoms with Crippen molar-refractivity contribution in [3.05, 3.63) is 72.8 Å². The van der Waals surface area contributed by atoms with Crippen molar-refractivity contribution in [2.24, 2.45) is 0 Å². The van der Waals surface area contributed by atoms with Gasteiger partial charge in [0, 0.05) is 14.8 Å². The standard InChI is InChI=1S/C29H25BNO3S/c1-28(2,32)29(3,4)34-30-22-14-8-12-20-19-11-7-13-21(25(19)35-26(20)22)27-31-23-15-17-9-5-6-10-18(17)16-24(23)33-27/h5-16,32H,1-4H3. The van der Waals surface area contributed by atoms with Crippen molar-refractivity contribution >= 4 is 66.3 Å². The summed E-state index contributed by atoms with van der Waals surface area (Å²) >= 11 is 1.71. The SMILES string of the molecule is CC(C)(O)C(C)(C)O[B]c1cccc2c1sc1c(-c3nc4cc5ccccc5cc4o3)cccc12. The highest BCUT2D eigenvalue weighted by Gasteiger charge is 2.36. The molecule has 6 heteroatoms. The number of rotatable bonds is 5. The first-order valence-electron chi connectivity index (χ1n) is 11.7. The van der Waals surface area contributed by atoms with E-state index in [2.05, 4.69) is 48.5 Å². The number of nitrogens with zero attached hydrogens (tertiary/aromatic N) is 1. The van der Waals surface area contributed by atoms with Gasteiger partial charge in [0.05, 0.1) is 16.8 Å². The lowest BCUT2D eigenvalue weighted by Gasteiger charge is -2.37. The van der Waals surface area contributed by atoms with Gasteiger partial charge in [0.1, 0.15) is 5.52 Å². The van der Waals surface area contributed by atoms with Crippen molar-refractivity contribution in [2.45, 2.75) is 38.9 Å². The van der Waals surface area contributed by atoms with Gasteiger partial charge in [0.15, 0.2) is 5.58 Å². The number of fused-ring (bicyclic) bond motifs is 5. The maximum atomic E-state index is 10.5. The Morgan fingerprint density at radius 3 is 2.29 bits per heavy atom. The monoisotopic (exact) mass is 478 g/mol. The number of oxazole rings is 1. The summed E-state index contributed by atoms with van der Waals surface area (Å²) in [6, 6.07) is 24.9. The zero-order chi connectivity index (χ0) is 24.4. The van der Waals surface area contributed by atoms with E-state index in [-0.39, 0.29) is 0 Å². The fraction of sp³-hybridized carbons (Fsp3) is 0.207. The molecule has 0 aliphatic rings. The van der Waals surface area contributed by atoms with Gasteiger partial charge >= 0.3 is 7.48 Å². The van der Waals surface area contributed by atoms with E-state index in [1.807, 2.05) is 38.1 Å². The molecular weight excluding hydrogens is 453 g/mol. The van der Waals surface area contributed by atoms with Crippen molar-refractivity contribution in [3.63, 3.8) is 0 Å². The quantitative estimate of drug-likeness (QED) is 0.276. The molecular formula is C29H25BNO3S. The lowest BCUT2D eigenvalue weighted by Crippen LogP contribution is -2.49. The minimum Gasteiger partial charge on any atom is -0.436 e. The van der Waals surface area contributed by atoms with Crippen LogP contribution in [-0.2, 0) is 4.65 Å². The minimum atomic E-state index is -0.984. The van der Waals surface area contributed by atoms with E-state index in [1.165, 1.54) is 0 Å². The molecule has 0 fully saturated rings.